The van der Waals surface area contributed by atoms with Crippen molar-refractivity contribution in [3.05, 3.63) is 40.4 Å². The van der Waals surface area contributed by atoms with E-state index in [1.807, 2.05) is 6.07 Å². The Morgan fingerprint density at radius 2 is 2.00 bits per heavy atom. The lowest BCUT2D eigenvalue weighted by atomic mass is 10.2. The van der Waals surface area contributed by atoms with E-state index >= 15 is 0 Å². The third kappa shape index (κ3) is 2.03. The minimum absolute atomic E-state index is 0.488. The molecule has 2 aromatic heterocycles. The van der Waals surface area contributed by atoms with Crippen LogP contribution in [0.25, 0.3) is 11.3 Å². The smallest absolute Gasteiger partial charge is 0.212 e. The summed E-state index contributed by atoms with van der Waals surface area (Å²) in [5.74, 6) is -0.488. The first-order valence-corrected chi connectivity index (χ1v) is 4.93. The van der Waals surface area contributed by atoms with E-state index < -0.39 is 5.95 Å². The van der Waals surface area contributed by atoms with Crippen molar-refractivity contribution in [1.29, 1.82) is 0 Å². The molecule has 0 fully saturated rings. The lowest BCUT2D eigenvalue weighted by Crippen LogP contribution is -1.89. The van der Waals surface area contributed by atoms with Gasteiger partial charge in [-0.1, -0.05) is 0 Å². The van der Waals surface area contributed by atoms with Crippen LogP contribution in [0.15, 0.2) is 30.7 Å². The van der Waals surface area contributed by atoms with Gasteiger partial charge >= 0.3 is 0 Å². The molecule has 2 aromatic rings. The maximum Gasteiger partial charge on any atom is 0.212 e. The molecule has 0 aliphatic carbocycles. The van der Waals surface area contributed by atoms with Crippen LogP contribution in [-0.4, -0.2) is 15.0 Å². The van der Waals surface area contributed by atoms with Crippen molar-refractivity contribution in [2.45, 2.75) is 0 Å². The molecule has 14 heavy (non-hydrogen) atoms. The average Bonchev–Trinajstić information content (AvgIpc) is 2.19. The molecule has 5 heteroatoms. The molecule has 70 valence electrons. The Morgan fingerprint density at radius 3 is 2.64 bits per heavy atom. The van der Waals surface area contributed by atoms with Crippen molar-refractivity contribution in [3.63, 3.8) is 0 Å². The number of halogens is 2. The van der Waals surface area contributed by atoms with Gasteiger partial charge in [0.2, 0.25) is 5.95 Å². The summed E-state index contributed by atoms with van der Waals surface area (Å²) in [6.45, 7) is 0. The lowest BCUT2D eigenvalue weighted by Gasteiger charge is -1.99. The van der Waals surface area contributed by atoms with Crippen LogP contribution in [0.2, 0.25) is 0 Å². The van der Waals surface area contributed by atoms with E-state index in [-0.39, 0.29) is 0 Å². The molecule has 2 rings (SSSR count). The molecule has 0 amide bonds. The molecule has 0 aliphatic rings. The van der Waals surface area contributed by atoms with Crippen LogP contribution in [-0.2, 0) is 0 Å². The number of aromatic nitrogens is 3. The number of hydrogen-bond donors (Lipinski definition) is 0. The highest BCUT2D eigenvalue weighted by atomic mass is 127. The number of nitrogens with zero attached hydrogens (tertiary/aromatic N) is 3. The molecule has 0 bridgehead atoms. The van der Waals surface area contributed by atoms with Crippen LogP contribution in [0.1, 0.15) is 0 Å². The molecule has 0 N–H and O–H groups in total. The first-order chi connectivity index (χ1) is 6.75. The molecule has 0 atom stereocenters. The van der Waals surface area contributed by atoms with Gasteiger partial charge in [0.25, 0.3) is 0 Å². The van der Waals surface area contributed by atoms with Gasteiger partial charge in [-0.15, -0.1) is 0 Å². The first kappa shape index (κ1) is 9.45. The van der Waals surface area contributed by atoms with Crippen LogP contribution in [0, 0.1) is 9.65 Å². The Hall–Kier alpha value is -1.11. The molecular formula is C9H5FIN3. The van der Waals surface area contributed by atoms with E-state index in [1.165, 1.54) is 18.6 Å². The fourth-order valence-electron chi connectivity index (χ4n) is 1.02. The minimum atomic E-state index is -0.488. The Bertz CT molecular complexity index is 444. The second kappa shape index (κ2) is 3.95. The van der Waals surface area contributed by atoms with Crippen LogP contribution in [0.5, 0.6) is 0 Å². The summed E-state index contributed by atoms with van der Waals surface area (Å²) in [6, 6.07) is 4.76. The van der Waals surface area contributed by atoms with Gasteiger partial charge in [0.05, 0.1) is 5.69 Å². The molecule has 0 saturated carbocycles. The summed E-state index contributed by atoms with van der Waals surface area (Å²) in [6.07, 6.45) is 2.92. The topological polar surface area (TPSA) is 38.7 Å². The summed E-state index contributed by atoms with van der Waals surface area (Å²) in [5, 5.41) is 0. The molecule has 0 aliphatic heterocycles. The van der Waals surface area contributed by atoms with Gasteiger partial charge in [-0.25, -0.2) is 15.0 Å². The Labute approximate surface area is 93.6 Å². The minimum Gasteiger partial charge on any atom is -0.236 e. The monoisotopic (exact) mass is 301 g/mol. The Balaban J connectivity index is 2.44. The SMILES string of the molecule is Fc1ccc(-c2cc(I)ncn2)cn1. The maximum atomic E-state index is 12.5. The predicted molar refractivity (Wildman–Crippen MR) is 57.9 cm³/mol. The van der Waals surface area contributed by atoms with Crippen molar-refractivity contribution in [2.24, 2.45) is 0 Å². The summed E-state index contributed by atoms with van der Waals surface area (Å²) in [5.41, 5.74) is 1.53. The quantitative estimate of drug-likeness (QED) is 0.461. The van der Waals surface area contributed by atoms with Crippen LogP contribution in [0.3, 0.4) is 0 Å². The van der Waals surface area contributed by atoms with Crippen LogP contribution >= 0.6 is 22.6 Å². The molecular weight excluding hydrogens is 296 g/mol. The first-order valence-electron chi connectivity index (χ1n) is 3.85. The maximum absolute atomic E-state index is 12.5. The molecule has 0 saturated heterocycles. The van der Waals surface area contributed by atoms with E-state index in [4.69, 9.17) is 0 Å². The lowest BCUT2D eigenvalue weighted by molar-refractivity contribution is 0.584. The number of hydrogen-bond acceptors (Lipinski definition) is 3. The molecule has 0 unspecified atom stereocenters. The predicted octanol–water partition coefficient (Wildman–Crippen LogP) is 2.28. The average molecular weight is 301 g/mol. The fourth-order valence-corrected chi connectivity index (χ4v) is 1.44. The largest absolute Gasteiger partial charge is 0.236 e. The van der Waals surface area contributed by atoms with Crippen molar-refractivity contribution < 1.29 is 4.39 Å². The summed E-state index contributed by atoms with van der Waals surface area (Å²) in [7, 11) is 0. The van der Waals surface area contributed by atoms with Gasteiger partial charge < -0.3 is 0 Å². The molecule has 3 nitrogen and oxygen atoms in total. The van der Waals surface area contributed by atoms with Gasteiger partial charge in [-0.05, 0) is 40.8 Å². The summed E-state index contributed by atoms with van der Waals surface area (Å²) in [4.78, 5) is 11.6. The van der Waals surface area contributed by atoms with Crippen molar-refractivity contribution in [2.75, 3.05) is 0 Å². The highest BCUT2D eigenvalue weighted by Crippen LogP contribution is 2.16. The summed E-state index contributed by atoms with van der Waals surface area (Å²) >= 11 is 2.09. The van der Waals surface area contributed by atoms with Gasteiger partial charge in [-0.2, -0.15) is 4.39 Å². The third-order valence-electron chi connectivity index (χ3n) is 1.66. The third-order valence-corrected chi connectivity index (χ3v) is 2.25. The van der Waals surface area contributed by atoms with E-state index in [0.717, 1.165) is 15.0 Å². The molecule has 2 heterocycles. The van der Waals surface area contributed by atoms with Crippen LogP contribution < -0.4 is 0 Å². The highest BCUT2D eigenvalue weighted by Gasteiger charge is 2.00. The molecule has 0 aromatic carbocycles. The molecule has 0 radical (unpaired) electrons. The van der Waals surface area contributed by atoms with Crippen LogP contribution in [0.4, 0.5) is 4.39 Å². The van der Waals surface area contributed by atoms with Gasteiger partial charge in [-0.3, -0.25) is 0 Å². The fraction of sp³-hybridized carbons (Fsp3) is 0. The second-order valence-corrected chi connectivity index (χ2v) is 3.70. The van der Waals surface area contributed by atoms with E-state index in [0.29, 0.717) is 0 Å². The molecule has 0 spiro atoms. The zero-order chi connectivity index (χ0) is 9.97. The zero-order valence-corrected chi connectivity index (χ0v) is 9.14. The van der Waals surface area contributed by atoms with E-state index in [1.54, 1.807) is 6.07 Å². The Morgan fingerprint density at radius 1 is 1.14 bits per heavy atom. The van der Waals surface area contributed by atoms with E-state index in [2.05, 4.69) is 37.5 Å². The normalized spacial score (nSPS) is 10.1. The highest BCUT2D eigenvalue weighted by molar-refractivity contribution is 14.1. The Kier molecular flexibility index (Phi) is 2.67. The van der Waals surface area contributed by atoms with Gasteiger partial charge in [0.1, 0.15) is 10.0 Å². The van der Waals surface area contributed by atoms with Crippen molar-refractivity contribution in [1.82, 2.24) is 15.0 Å². The van der Waals surface area contributed by atoms with Crippen molar-refractivity contribution >= 4 is 22.6 Å². The standard InChI is InChI=1S/C9H5FIN3/c10-8-2-1-6(4-12-8)7-3-9(11)14-5-13-7/h1-5H. The van der Waals surface area contributed by atoms with Crippen molar-refractivity contribution in [3.8, 4) is 11.3 Å². The number of rotatable bonds is 1. The summed E-state index contributed by atoms with van der Waals surface area (Å²) < 4.78 is 13.4. The zero-order valence-electron chi connectivity index (χ0n) is 6.98. The van der Waals surface area contributed by atoms with Gasteiger partial charge in [0.15, 0.2) is 0 Å². The van der Waals surface area contributed by atoms with Gasteiger partial charge in [0, 0.05) is 11.8 Å². The number of pyridine rings is 1. The van der Waals surface area contributed by atoms with E-state index in [9.17, 15) is 4.39 Å². The second-order valence-electron chi connectivity index (χ2n) is 2.60.